The van der Waals surface area contributed by atoms with E-state index in [1.165, 1.54) is 0 Å². The molecule has 1 heterocycles. The van der Waals surface area contributed by atoms with Crippen LogP contribution in [-0.4, -0.2) is 73.3 Å². The first-order valence-electron chi connectivity index (χ1n) is 14.2. The van der Waals surface area contributed by atoms with Gasteiger partial charge in [0.1, 0.15) is 0 Å². The average Bonchev–Trinajstić information content (AvgIpc) is 2.97. The number of rotatable bonds is 11. The summed E-state index contributed by atoms with van der Waals surface area (Å²) in [7, 11) is 3.96. The predicted octanol–water partition coefficient (Wildman–Crippen LogP) is 6.64. The number of nitrogens with one attached hydrogen (secondary N) is 1. The molecule has 1 saturated heterocycles. The lowest BCUT2D eigenvalue weighted by atomic mass is 9.80. The largest absolute Gasteiger partial charge is 0.347 e. The van der Waals surface area contributed by atoms with Crippen LogP contribution in [0.15, 0.2) is 78.9 Å². The summed E-state index contributed by atoms with van der Waals surface area (Å²) in [6, 6.07) is 25.8. The summed E-state index contributed by atoms with van der Waals surface area (Å²) in [5.41, 5.74) is 2.85. The number of nitrogens with zero attached hydrogens (tertiary/aromatic N) is 3. The maximum Gasteiger partial charge on any atom is 0.226 e. The normalized spacial score (nSPS) is 15.1. The molecule has 1 aliphatic rings. The standard InChI is InChI=1S/C33H40Cl2N4O2.2ClH/c1-25(40)36-33(28-12-8-5-9-13-28)16-18-39(19-17-33)21-20-37(2)31(27-14-15-29(34)30(35)23-27)24-38(3)32(41)22-26-10-6-4-7-11-26;;/h4-15,23,31H,16-22,24H2,1-3H3,(H,36,40);2*1H. The van der Waals surface area contributed by atoms with E-state index in [0.717, 1.165) is 55.7 Å². The summed E-state index contributed by atoms with van der Waals surface area (Å²) < 4.78 is 0. The molecule has 0 aliphatic carbocycles. The van der Waals surface area contributed by atoms with E-state index >= 15 is 0 Å². The lowest BCUT2D eigenvalue weighted by molar-refractivity contribution is -0.130. The fourth-order valence-corrected chi connectivity index (χ4v) is 5.99. The number of amides is 2. The van der Waals surface area contributed by atoms with Crippen LogP contribution in [0.2, 0.25) is 10.0 Å². The molecule has 43 heavy (non-hydrogen) atoms. The first-order chi connectivity index (χ1) is 19.7. The fourth-order valence-electron chi connectivity index (χ4n) is 5.68. The number of hydrogen-bond donors (Lipinski definition) is 1. The third-order valence-electron chi connectivity index (χ3n) is 8.15. The van der Waals surface area contributed by atoms with E-state index in [1.807, 2.05) is 73.8 Å². The number of likely N-dealkylation sites (tertiary alicyclic amines) is 1. The van der Waals surface area contributed by atoms with Gasteiger partial charge in [0.25, 0.3) is 0 Å². The molecule has 1 N–H and O–H groups in total. The molecule has 1 aliphatic heterocycles. The molecule has 3 aromatic carbocycles. The number of carbonyl (C=O) groups is 2. The van der Waals surface area contributed by atoms with Crippen molar-refractivity contribution in [2.75, 3.05) is 46.8 Å². The number of likely N-dealkylation sites (N-methyl/N-ethyl adjacent to an activating group) is 2. The van der Waals surface area contributed by atoms with E-state index in [9.17, 15) is 9.59 Å². The van der Waals surface area contributed by atoms with Gasteiger partial charge in [-0.15, -0.1) is 24.8 Å². The van der Waals surface area contributed by atoms with E-state index in [0.29, 0.717) is 23.0 Å². The maximum atomic E-state index is 13.1. The fraction of sp³-hybridized carbons (Fsp3) is 0.394. The van der Waals surface area contributed by atoms with Crippen molar-refractivity contribution in [1.29, 1.82) is 0 Å². The zero-order valence-corrected chi connectivity index (χ0v) is 28.1. The Hall–Kier alpha value is -2.32. The Morgan fingerprint density at radius 1 is 0.907 bits per heavy atom. The van der Waals surface area contributed by atoms with Gasteiger partial charge in [0, 0.05) is 46.7 Å². The molecule has 4 rings (SSSR count). The number of carbonyl (C=O) groups excluding carboxylic acids is 2. The van der Waals surface area contributed by atoms with Crippen LogP contribution in [0, 0.1) is 0 Å². The lowest BCUT2D eigenvalue weighted by Gasteiger charge is -2.43. The molecule has 0 radical (unpaired) electrons. The number of benzene rings is 3. The smallest absolute Gasteiger partial charge is 0.226 e. The van der Waals surface area contributed by atoms with Crippen LogP contribution >= 0.6 is 48.0 Å². The van der Waals surface area contributed by atoms with Crippen LogP contribution in [0.3, 0.4) is 0 Å². The zero-order valence-electron chi connectivity index (χ0n) is 25.0. The highest BCUT2D eigenvalue weighted by atomic mass is 35.5. The second-order valence-electron chi connectivity index (χ2n) is 11.1. The third-order valence-corrected chi connectivity index (χ3v) is 8.89. The molecule has 0 aromatic heterocycles. The van der Waals surface area contributed by atoms with Gasteiger partial charge in [-0.3, -0.25) is 14.5 Å². The SMILES string of the molecule is CC(=O)NC1(c2ccccc2)CCN(CCN(C)C(CN(C)C(=O)Cc2ccccc2)c2ccc(Cl)c(Cl)c2)CC1.Cl.Cl. The average molecular weight is 669 g/mol. The summed E-state index contributed by atoms with van der Waals surface area (Å²) >= 11 is 12.6. The van der Waals surface area contributed by atoms with E-state index < -0.39 is 0 Å². The minimum atomic E-state index is -0.333. The molecular weight excluding hydrogens is 626 g/mol. The van der Waals surface area contributed by atoms with E-state index in [4.69, 9.17) is 23.2 Å². The van der Waals surface area contributed by atoms with Crippen LogP contribution in [0.25, 0.3) is 0 Å². The molecule has 6 nitrogen and oxygen atoms in total. The van der Waals surface area contributed by atoms with E-state index in [2.05, 4.69) is 34.3 Å². The molecule has 2 amide bonds. The van der Waals surface area contributed by atoms with Gasteiger partial charge in [-0.05, 0) is 48.7 Å². The van der Waals surface area contributed by atoms with E-state index in [1.54, 1.807) is 11.8 Å². The van der Waals surface area contributed by atoms with Crippen molar-refractivity contribution in [3.05, 3.63) is 106 Å². The van der Waals surface area contributed by atoms with Crippen LogP contribution in [-0.2, 0) is 21.5 Å². The molecule has 10 heteroatoms. The molecule has 0 spiro atoms. The zero-order chi connectivity index (χ0) is 29.4. The first kappa shape index (κ1) is 36.9. The van der Waals surface area contributed by atoms with Crippen molar-refractivity contribution in [3.8, 4) is 0 Å². The van der Waals surface area contributed by atoms with Crippen molar-refractivity contribution in [3.63, 3.8) is 0 Å². The van der Waals surface area contributed by atoms with Crippen LogP contribution in [0.5, 0.6) is 0 Å². The third kappa shape index (κ3) is 10.1. The summed E-state index contributed by atoms with van der Waals surface area (Å²) in [5.74, 6) is 0.0679. The molecule has 1 fully saturated rings. The second-order valence-corrected chi connectivity index (χ2v) is 11.9. The van der Waals surface area contributed by atoms with Gasteiger partial charge < -0.3 is 15.1 Å². The summed E-state index contributed by atoms with van der Waals surface area (Å²) in [6.07, 6.45) is 2.07. The lowest BCUT2D eigenvalue weighted by Crippen LogP contribution is -2.53. The minimum Gasteiger partial charge on any atom is -0.347 e. The Bertz CT molecular complexity index is 1300. The highest BCUT2D eigenvalue weighted by Gasteiger charge is 2.37. The van der Waals surface area contributed by atoms with Crippen molar-refractivity contribution in [1.82, 2.24) is 20.0 Å². The van der Waals surface area contributed by atoms with Gasteiger partial charge in [0.05, 0.1) is 28.0 Å². The van der Waals surface area contributed by atoms with Crippen molar-refractivity contribution in [2.45, 2.75) is 37.8 Å². The van der Waals surface area contributed by atoms with Gasteiger partial charge in [0.2, 0.25) is 11.8 Å². The van der Waals surface area contributed by atoms with Gasteiger partial charge in [-0.25, -0.2) is 0 Å². The number of piperidine rings is 1. The van der Waals surface area contributed by atoms with Crippen molar-refractivity contribution >= 4 is 59.8 Å². The Morgan fingerprint density at radius 3 is 2.09 bits per heavy atom. The second kappa shape index (κ2) is 17.2. The highest BCUT2D eigenvalue weighted by molar-refractivity contribution is 6.42. The summed E-state index contributed by atoms with van der Waals surface area (Å²) in [6.45, 7) is 5.58. The molecule has 0 saturated carbocycles. The Labute approximate surface area is 278 Å². The molecule has 0 bridgehead atoms. The van der Waals surface area contributed by atoms with Crippen LogP contribution in [0.1, 0.15) is 42.5 Å². The Morgan fingerprint density at radius 2 is 1.51 bits per heavy atom. The molecular formula is C33H42Cl4N4O2. The summed E-state index contributed by atoms with van der Waals surface area (Å²) in [5, 5.41) is 4.28. The predicted molar refractivity (Wildman–Crippen MR) is 182 cm³/mol. The molecule has 3 aromatic rings. The van der Waals surface area contributed by atoms with Gasteiger partial charge in [0.15, 0.2) is 0 Å². The van der Waals surface area contributed by atoms with Gasteiger partial charge >= 0.3 is 0 Å². The summed E-state index contributed by atoms with van der Waals surface area (Å²) in [4.78, 5) is 31.8. The van der Waals surface area contributed by atoms with Crippen molar-refractivity contribution < 1.29 is 9.59 Å². The molecule has 1 unspecified atom stereocenters. The molecule has 1 atom stereocenters. The van der Waals surface area contributed by atoms with Crippen LogP contribution in [0.4, 0.5) is 0 Å². The minimum absolute atomic E-state index is 0. The van der Waals surface area contributed by atoms with Crippen molar-refractivity contribution in [2.24, 2.45) is 0 Å². The van der Waals surface area contributed by atoms with Gasteiger partial charge in [-0.2, -0.15) is 0 Å². The molecule has 234 valence electrons. The Kier molecular flexibility index (Phi) is 14.8. The Balaban J connectivity index is 0.00000323. The topological polar surface area (TPSA) is 55.9 Å². The quantitative estimate of drug-likeness (QED) is 0.249. The number of hydrogen-bond acceptors (Lipinski definition) is 4. The highest BCUT2D eigenvalue weighted by Crippen LogP contribution is 2.33. The maximum absolute atomic E-state index is 13.1. The van der Waals surface area contributed by atoms with Crippen LogP contribution < -0.4 is 5.32 Å². The first-order valence-corrected chi connectivity index (χ1v) is 14.9. The van der Waals surface area contributed by atoms with Gasteiger partial charge in [-0.1, -0.05) is 89.9 Å². The number of halogens is 4. The van der Waals surface area contributed by atoms with E-state index in [-0.39, 0.29) is 48.2 Å². The monoisotopic (exact) mass is 666 g/mol.